The van der Waals surface area contributed by atoms with Gasteiger partial charge in [0.15, 0.2) is 0 Å². The molecule has 1 aromatic carbocycles. The zero-order valence-corrected chi connectivity index (χ0v) is 19.4. The van der Waals surface area contributed by atoms with Crippen LogP contribution in [0.2, 0.25) is 0 Å². The number of aryl methyl sites for hydroxylation is 1. The molecule has 3 rings (SSSR count). The Morgan fingerprint density at radius 3 is 2.81 bits per heavy atom. The Balaban J connectivity index is 1.40. The number of nitrogens with one attached hydrogen (secondary N) is 2. The maximum atomic E-state index is 12.3. The normalized spacial score (nSPS) is 15.2. The molecular weight excluding hydrogens is 388 g/mol. The van der Waals surface area contributed by atoms with Crippen LogP contribution in [0, 0.1) is 12.8 Å². The topological polar surface area (TPSA) is 70.2 Å². The van der Waals surface area contributed by atoms with E-state index in [2.05, 4.69) is 52.2 Å². The van der Waals surface area contributed by atoms with Crippen molar-refractivity contribution in [2.24, 2.45) is 5.92 Å². The Morgan fingerprint density at radius 2 is 2.06 bits per heavy atom. The number of rotatable bonds is 11. The van der Waals surface area contributed by atoms with Gasteiger partial charge in [-0.1, -0.05) is 32.4 Å². The second-order valence-corrected chi connectivity index (χ2v) is 8.82. The van der Waals surface area contributed by atoms with Crippen molar-refractivity contribution in [3.63, 3.8) is 0 Å². The number of H-pyrrole nitrogens is 1. The molecule has 2 aromatic rings. The van der Waals surface area contributed by atoms with Crippen LogP contribution in [-0.2, 0) is 13.0 Å². The molecule has 0 unspecified atom stereocenters. The number of aromatic amines is 1. The fraction of sp³-hybridized carbons (Fsp3) is 0.600. The molecule has 6 heteroatoms. The van der Waals surface area contributed by atoms with E-state index in [-0.39, 0.29) is 5.56 Å². The summed E-state index contributed by atoms with van der Waals surface area (Å²) in [5.41, 5.74) is 2.90. The van der Waals surface area contributed by atoms with Gasteiger partial charge in [0.05, 0.1) is 6.61 Å². The standard InChI is InChI=1S/C25H38N4O2/c1-4-5-10-23-20(3)27-25(28-24(23)30)26-13-7-16-31-22-9-6-8-21(17-22)18-29-14-11-19(2)12-15-29/h6,8-9,17,19H,4-5,7,10-16,18H2,1-3H3,(H2,26,27,28,30). The minimum atomic E-state index is -0.0281. The highest BCUT2D eigenvalue weighted by Gasteiger charge is 2.15. The van der Waals surface area contributed by atoms with Gasteiger partial charge in [0.2, 0.25) is 5.95 Å². The number of aromatic nitrogens is 2. The monoisotopic (exact) mass is 426 g/mol. The van der Waals surface area contributed by atoms with E-state index in [9.17, 15) is 4.79 Å². The van der Waals surface area contributed by atoms with Crippen LogP contribution in [0.4, 0.5) is 5.95 Å². The second kappa shape index (κ2) is 11.9. The molecular formula is C25H38N4O2. The quantitative estimate of drug-likeness (QED) is 0.517. The van der Waals surface area contributed by atoms with Crippen LogP contribution >= 0.6 is 0 Å². The summed E-state index contributed by atoms with van der Waals surface area (Å²) in [5, 5.41) is 3.21. The highest BCUT2D eigenvalue weighted by Crippen LogP contribution is 2.20. The molecule has 0 saturated carbocycles. The second-order valence-electron chi connectivity index (χ2n) is 8.82. The predicted molar refractivity (Wildman–Crippen MR) is 127 cm³/mol. The zero-order chi connectivity index (χ0) is 22.1. The van der Waals surface area contributed by atoms with E-state index in [0.717, 1.165) is 55.2 Å². The van der Waals surface area contributed by atoms with Crippen molar-refractivity contribution >= 4 is 5.95 Å². The van der Waals surface area contributed by atoms with Crippen molar-refractivity contribution in [3.05, 3.63) is 51.4 Å². The average Bonchev–Trinajstić information content (AvgIpc) is 2.75. The number of hydrogen-bond acceptors (Lipinski definition) is 5. The number of anilines is 1. The minimum Gasteiger partial charge on any atom is -0.494 e. The summed E-state index contributed by atoms with van der Waals surface area (Å²) in [6.07, 6.45) is 6.28. The zero-order valence-electron chi connectivity index (χ0n) is 19.4. The van der Waals surface area contributed by atoms with Gasteiger partial charge in [0.1, 0.15) is 5.75 Å². The lowest BCUT2D eigenvalue weighted by atomic mass is 9.99. The first-order valence-electron chi connectivity index (χ1n) is 11.8. The van der Waals surface area contributed by atoms with Gasteiger partial charge >= 0.3 is 0 Å². The van der Waals surface area contributed by atoms with Crippen molar-refractivity contribution < 1.29 is 4.74 Å². The van der Waals surface area contributed by atoms with E-state index >= 15 is 0 Å². The first-order chi connectivity index (χ1) is 15.0. The van der Waals surface area contributed by atoms with E-state index in [4.69, 9.17) is 4.74 Å². The van der Waals surface area contributed by atoms with Crippen LogP contribution in [0.1, 0.15) is 62.8 Å². The van der Waals surface area contributed by atoms with Gasteiger partial charge in [-0.3, -0.25) is 14.7 Å². The molecule has 1 aliphatic rings. The molecule has 1 fully saturated rings. The Morgan fingerprint density at radius 1 is 1.26 bits per heavy atom. The number of nitrogens with zero attached hydrogens (tertiary/aromatic N) is 2. The first kappa shape index (κ1) is 23.3. The van der Waals surface area contributed by atoms with Gasteiger partial charge in [-0.2, -0.15) is 0 Å². The number of piperidine rings is 1. The fourth-order valence-electron chi connectivity index (χ4n) is 4.02. The smallest absolute Gasteiger partial charge is 0.255 e. The molecule has 6 nitrogen and oxygen atoms in total. The molecule has 0 bridgehead atoms. The predicted octanol–water partition coefficient (Wildman–Crippen LogP) is 4.53. The van der Waals surface area contributed by atoms with Crippen LogP contribution in [0.15, 0.2) is 29.1 Å². The molecule has 0 aliphatic carbocycles. The summed E-state index contributed by atoms with van der Waals surface area (Å²) in [6, 6.07) is 8.43. The van der Waals surface area contributed by atoms with Gasteiger partial charge in [0, 0.05) is 24.3 Å². The van der Waals surface area contributed by atoms with E-state index in [1.165, 1.54) is 31.5 Å². The first-order valence-corrected chi connectivity index (χ1v) is 11.8. The van der Waals surface area contributed by atoms with E-state index in [0.29, 0.717) is 19.1 Å². The molecule has 1 aromatic heterocycles. The summed E-state index contributed by atoms with van der Waals surface area (Å²) in [5.74, 6) is 2.32. The van der Waals surface area contributed by atoms with Crippen LogP contribution in [0.5, 0.6) is 5.75 Å². The summed E-state index contributed by atoms with van der Waals surface area (Å²) in [6.45, 7) is 11.1. The summed E-state index contributed by atoms with van der Waals surface area (Å²) < 4.78 is 5.95. The largest absolute Gasteiger partial charge is 0.494 e. The Hall–Kier alpha value is -2.34. The number of hydrogen-bond donors (Lipinski definition) is 2. The Labute approximate surface area is 186 Å². The number of ether oxygens (including phenoxy) is 1. The fourth-order valence-corrected chi connectivity index (χ4v) is 4.02. The van der Waals surface area contributed by atoms with Crippen molar-refractivity contribution in [1.82, 2.24) is 14.9 Å². The summed E-state index contributed by atoms with van der Waals surface area (Å²) >= 11 is 0. The molecule has 0 spiro atoms. The number of unbranched alkanes of at least 4 members (excludes halogenated alkanes) is 1. The molecule has 1 aliphatic heterocycles. The van der Waals surface area contributed by atoms with Gasteiger partial charge in [0.25, 0.3) is 5.56 Å². The molecule has 0 radical (unpaired) electrons. The summed E-state index contributed by atoms with van der Waals surface area (Å²) in [7, 11) is 0. The highest BCUT2D eigenvalue weighted by atomic mass is 16.5. The maximum Gasteiger partial charge on any atom is 0.255 e. The van der Waals surface area contributed by atoms with E-state index < -0.39 is 0 Å². The minimum absolute atomic E-state index is 0.0281. The lowest BCUT2D eigenvalue weighted by molar-refractivity contribution is 0.185. The van der Waals surface area contributed by atoms with Gasteiger partial charge in [-0.15, -0.1) is 0 Å². The third-order valence-corrected chi connectivity index (χ3v) is 6.07. The van der Waals surface area contributed by atoms with Crippen LogP contribution in [0.25, 0.3) is 0 Å². The van der Waals surface area contributed by atoms with Gasteiger partial charge < -0.3 is 10.1 Å². The third-order valence-electron chi connectivity index (χ3n) is 6.07. The highest BCUT2D eigenvalue weighted by molar-refractivity contribution is 5.30. The van der Waals surface area contributed by atoms with Crippen LogP contribution in [-0.4, -0.2) is 41.1 Å². The van der Waals surface area contributed by atoms with Crippen molar-refractivity contribution in [3.8, 4) is 5.75 Å². The van der Waals surface area contributed by atoms with Gasteiger partial charge in [-0.25, -0.2) is 4.98 Å². The van der Waals surface area contributed by atoms with Crippen molar-refractivity contribution in [1.29, 1.82) is 0 Å². The molecule has 1 saturated heterocycles. The van der Waals surface area contributed by atoms with E-state index in [1.807, 2.05) is 13.0 Å². The lowest BCUT2D eigenvalue weighted by Gasteiger charge is -2.30. The Bertz CT molecular complexity index is 872. The third kappa shape index (κ3) is 7.39. The summed E-state index contributed by atoms with van der Waals surface area (Å²) in [4.78, 5) is 22.2. The van der Waals surface area contributed by atoms with Gasteiger partial charge in [-0.05, 0) is 75.7 Å². The van der Waals surface area contributed by atoms with E-state index in [1.54, 1.807) is 0 Å². The molecule has 170 valence electrons. The number of benzene rings is 1. The SMILES string of the molecule is CCCCc1c(C)nc(NCCCOc2cccc(CN3CCC(C)CC3)c2)[nH]c1=O. The van der Waals surface area contributed by atoms with Crippen molar-refractivity contribution in [2.45, 2.75) is 65.8 Å². The molecule has 2 heterocycles. The number of likely N-dealkylation sites (tertiary alicyclic amines) is 1. The lowest BCUT2D eigenvalue weighted by Crippen LogP contribution is -2.32. The average molecular weight is 427 g/mol. The maximum absolute atomic E-state index is 12.3. The Kier molecular flexibility index (Phi) is 8.95. The molecule has 2 N–H and O–H groups in total. The van der Waals surface area contributed by atoms with Crippen molar-refractivity contribution in [2.75, 3.05) is 31.6 Å². The molecule has 31 heavy (non-hydrogen) atoms. The molecule has 0 atom stereocenters. The van der Waals surface area contributed by atoms with Crippen LogP contribution in [0.3, 0.4) is 0 Å². The molecule has 0 amide bonds. The van der Waals surface area contributed by atoms with Crippen LogP contribution < -0.4 is 15.6 Å².